The first-order chi connectivity index (χ1) is 7.85. The number of nitrogens with zero attached hydrogens (tertiary/aromatic N) is 2. The van der Waals surface area contributed by atoms with Gasteiger partial charge in [-0.3, -0.25) is 4.90 Å². The minimum absolute atomic E-state index is 0.596. The standard InChI is InChI=1S/C13H21N3/c1-3-8-16-9-4-5-12(16)11-6-7-13(14-2)15-10-11/h6-7,10,12H,3-5,8-9H2,1-2H3,(H,14,15)/t12-/m0/s1. The average Bonchev–Trinajstić information content (AvgIpc) is 2.78. The van der Waals surface area contributed by atoms with Gasteiger partial charge in [0.25, 0.3) is 0 Å². The van der Waals surface area contributed by atoms with Crippen LogP contribution in [0.1, 0.15) is 37.8 Å². The molecule has 1 atom stereocenters. The van der Waals surface area contributed by atoms with E-state index in [-0.39, 0.29) is 0 Å². The van der Waals surface area contributed by atoms with Crippen LogP contribution in [0.2, 0.25) is 0 Å². The van der Waals surface area contributed by atoms with Gasteiger partial charge in [0.05, 0.1) is 0 Å². The molecule has 0 saturated carbocycles. The summed E-state index contributed by atoms with van der Waals surface area (Å²) in [6.45, 7) is 4.70. The Hall–Kier alpha value is -1.09. The maximum Gasteiger partial charge on any atom is 0.125 e. The topological polar surface area (TPSA) is 28.2 Å². The molecule has 0 radical (unpaired) electrons. The molecule has 1 fully saturated rings. The summed E-state index contributed by atoms with van der Waals surface area (Å²) in [6.07, 6.45) is 5.85. The monoisotopic (exact) mass is 219 g/mol. The minimum Gasteiger partial charge on any atom is -0.373 e. The molecule has 3 heteroatoms. The zero-order valence-electron chi connectivity index (χ0n) is 10.2. The molecule has 1 aliphatic rings. The Bertz CT molecular complexity index is 320. The first kappa shape index (κ1) is 11.4. The van der Waals surface area contributed by atoms with Gasteiger partial charge in [0.15, 0.2) is 0 Å². The fourth-order valence-electron chi connectivity index (χ4n) is 2.51. The van der Waals surface area contributed by atoms with Crippen molar-refractivity contribution in [3.05, 3.63) is 23.9 Å². The zero-order valence-corrected chi connectivity index (χ0v) is 10.2. The lowest BCUT2D eigenvalue weighted by atomic mass is 10.1. The van der Waals surface area contributed by atoms with Gasteiger partial charge < -0.3 is 5.32 Å². The highest BCUT2D eigenvalue weighted by atomic mass is 15.2. The van der Waals surface area contributed by atoms with Crippen molar-refractivity contribution in [3.8, 4) is 0 Å². The number of hydrogen-bond donors (Lipinski definition) is 1. The van der Waals surface area contributed by atoms with E-state index in [4.69, 9.17) is 0 Å². The van der Waals surface area contributed by atoms with Crippen LogP contribution in [0, 0.1) is 0 Å². The molecule has 1 aromatic heterocycles. The van der Waals surface area contributed by atoms with Crippen molar-refractivity contribution < 1.29 is 0 Å². The van der Waals surface area contributed by atoms with Crippen molar-refractivity contribution >= 4 is 5.82 Å². The van der Waals surface area contributed by atoms with Gasteiger partial charge in [0, 0.05) is 19.3 Å². The predicted molar refractivity (Wildman–Crippen MR) is 67.6 cm³/mol. The highest BCUT2D eigenvalue weighted by Crippen LogP contribution is 2.31. The van der Waals surface area contributed by atoms with E-state index in [1.54, 1.807) is 0 Å². The normalized spacial score (nSPS) is 21.2. The highest BCUT2D eigenvalue weighted by molar-refractivity contribution is 5.35. The van der Waals surface area contributed by atoms with Crippen molar-refractivity contribution in [1.29, 1.82) is 0 Å². The molecule has 88 valence electrons. The van der Waals surface area contributed by atoms with Gasteiger partial charge >= 0.3 is 0 Å². The second kappa shape index (κ2) is 5.30. The van der Waals surface area contributed by atoms with Gasteiger partial charge in [-0.25, -0.2) is 4.98 Å². The van der Waals surface area contributed by atoms with E-state index in [0.29, 0.717) is 6.04 Å². The molecule has 0 bridgehead atoms. The first-order valence-corrected chi connectivity index (χ1v) is 6.23. The number of nitrogens with one attached hydrogen (secondary N) is 1. The molecule has 0 amide bonds. The quantitative estimate of drug-likeness (QED) is 0.844. The molecule has 1 N–H and O–H groups in total. The summed E-state index contributed by atoms with van der Waals surface area (Å²) in [4.78, 5) is 6.98. The van der Waals surface area contributed by atoms with Crippen molar-refractivity contribution in [2.75, 3.05) is 25.5 Å². The largest absolute Gasteiger partial charge is 0.373 e. The third kappa shape index (κ3) is 2.35. The molecule has 2 heterocycles. The zero-order chi connectivity index (χ0) is 11.4. The maximum atomic E-state index is 4.40. The molecule has 1 aromatic rings. The smallest absolute Gasteiger partial charge is 0.125 e. The maximum absolute atomic E-state index is 4.40. The molecule has 0 aromatic carbocycles. The Kier molecular flexibility index (Phi) is 3.78. The summed E-state index contributed by atoms with van der Waals surface area (Å²) >= 11 is 0. The number of rotatable bonds is 4. The summed E-state index contributed by atoms with van der Waals surface area (Å²) in [5.74, 6) is 0.948. The van der Waals surface area contributed by atoms with Gasteiger partial charge in [0.1, 0.15) is 5.82 Å². The summed E-state index contributed by atoms with van der Waals surface area (Å²) in [6, 6.07) is 4.87. The average molecular weight is 219 g/mol. The summed E-state index contributed by atoms with van der Waals surface area (Å²) in [5, 5.41) is 3.06. The van der Waals surface area contributed by atoms with Crippen LogP contribution in [0.4, 0.5) is 5.82 Å². The van der Waals surface area contributed by atoms with Crippen LogP contribution >= 0.6 is 0 Å². The van der Waals surface area contributed by atoms with E-state index >= 15 is 0 Å². The Morgan fingerprint density at radius 2 is 2.38 bits per heavy atom. The second-order valence-corrected chi connectivity index (χ2v) is 4.42. The van der Waals surface area contributed by atoms with Crippen LogP contribution in [0.3, 0.4) is 0 Å². The molecule has 2 rings (SSSR count). The van der Waals surface area contributed by atoms with E-state index in [1.807, 2.05) is 13.2 Å². The molecular formula is C13H21N3. The second-order valence-electron chi connectivity index (χ2n) is 4.42. The van der Waals surface area contributed by atoms with Gasteiger partial charge in [-0.15, -0.1) is 0 Å². The fraction of sp³-hybridized carbons (Fsp3) is 0.615. The van der Waals surface area contributed by atoms with Crippen molar-refractivity contribution in [1.82, 2.24) is 9.88 Å². The Balaban J connectivity index is 2.09. The molecule has 0 unspecified atom stereocenters. The van der Waals surface area contributed by atoms with Crippen LogP contribution in [0.15, 0.2) is 18.3 Å². The molecular weight excluding hydrogens is 198 g/mol. The van der Waals surface area contributed by atoms with Crippen molar-refractivity contribution in [3.63, 3.8) is 0 Å². The minimum atomic E-state index is 0.596. The number of pyridine rings is 1. The van der Waals surface area contributed by atoms with Crippen LogP contribution in [-0.4, -0.2) is 30.0 Å². The Labute approximate surface area is 97.9 Å². The van der Waals surface area contributed by atoms with Crippen LogP contribution in [0.5, 0.6) is 0 Å². The van der Waals surface area contributed by atoms with Gasteiger partial charge in [-0.1, -0.05) is 13.0 Å². The molecule has 0 spiro atoms. The number of hydrogen-bond acceptors (Lipinski definition) is 3. The summed E-state index contributed by atoms with van der Waals surface area (Å²) in [5.41, 5.74) is 1.37. The lowest BCUT2D eigenvalue weighted by Gasteiger charge is -2.23. The third-order valence-electron chi connectivity index (χ3n) is 3.30. The van der Waals surface area contributed by atoms with Gasteiger partial charge in [-0.2, -0.15) is 0 Å². The van der Waals surface area contributed by atoms with E-state index in [2.05, 4.69) is 34.3 Å². The summed E-state index contributed by atoms with van der Waals surface area (Å²) < 4.78 is 0. The molecule has 16 heavy (non-hydrogen) atoms. The molecule has 1 saturated heterocycles. The summed E-state index contributed by atoms with van der Waals surface area (Å²) in [7, 11) is 1.90. The third-order valence-corrected chi connectivity index (χ3v) is 3.30. The Morgan fingerprint density at radius 3 is 3.00 bits per heavy atom. The number of aromatic nitrogens is 1. The predicted octanol–water partition coefficient (Wildman–Crippen LogP) is 2.67. The van der Waals surface area contributed by atoms with Crippen LogP contribution in [0.25, 0.3) is 0 Å². The van der Waals surface area contributed by atoms with Gasteiger partial charge in [-0.05, 0) is 44.0 Å². The van der Waals surface area contributed by atoms with Crippen LogP contribution in [-0.2, 0) is 0 Å². The van der Waals surface area contributed by atoms with Gasteiger partial charge in [0.2, 0.25) is 0 Å². The van der Waals surface area contributed by atoms with Crippen LogP contribution < -0.4 is 5.32 Å². The number of likely N-dealkylation sites (tertiary alicyclic amines) is 1. The fourth-order valence-corrected chi connectivity index (χ4v) is 2.51. The lowest BCUT2D eigenvalue weighted by Crippen LogP contribution is -2.24. The van der Waals surface area contributed by atoms with E-state index < -0.39 is 0 Å². The molecule has 3 nitrogen and oxygen atoms in total. The van der Waals surface area contributed by atoms with E-state index in [9.17, 15) is 0 Å². The number of anilines is 1. The lowest BCUT2D eigenvalue weighted by molar-refractivity contribution is 0.257. The highest BCUT2D eigenvalue weighted by Gasteiger charge is 2.25. The molecule has 1 aliphatic heterocycles. The van der Waals surface area contributed by atoms with E-state index in [0.717, 1.165) is 5.82 Å². The van der Waals surface area contributed by atoms with Crippen molar-refractivity contribution in [2.45, 2.75) is 32.2 Å². The van der Waals surface area contributed by atoms with E-state index in [1.165, 1.54) is 37.9 Å². The SMILES string of the molecule is CCCN1CCC[C@H]1c1ccc(NC)nc1. The Morgan fingerprint density at radius 1 is 1.50 bits per heavy atom. The molecule has 0 aliphatic carbocycles. The van der Waals surface area contributed by atoms with Crippen molar-refractivity contribution in [2.24, 2.45) is 0 Å². The first-order valence-electron chi connectivity index (χ1n) is 6.23.